The lowest BCUT2D eigenvalue weighted by atomic mass is 10.3. The molecule has 2 aromatic rings. The predicted octanol–water partition coefficient (Wildman–Crippen LogP) is 1.45. The fourth-order valence-electron chi connectivity index (χ4n) is 1.21. The van der Waals surface area contributed by atoms with Crippen LogP contribution in [0.1, 0.15) is 0 Å². The molecule has 1 heterocycles. The Bertz CT molecular complexity index is 624. The number of hydrogen-bond donors (Lipinski definition) is 3. The van der Waals surface area contributed by atoms with E-state index in [0.29, 0.717) is 5.02 Å². The van der Waals surface area contributed by atoms with Crippen LogP contribution in [0, 0.1) is 0 Å². The molecule has 0 saturated heterocycles. The smallest absolute Gasteiger partial charge is 0.278 e. The number of anilines is 2. The van der Waals surface area contributed by atoms with Gasteiger partial charge in [-0.05, 0) is 24.3 Å². The molecule has 0 radical (unpaired) electrons. The van der Waals surface area contributed by atoms with Crippen LogP contribution in [0.3, 0.4) is 0 Å². The average Bonchev–Trinajstić information content (AvgIpc) is 2.77. The van der Waals surface area contributed by atoms with Gasteiger partial charge in [0.15, 0.2) is 5.03 Å². The standard InChI is InChI=1S/C9H9ClN4O2S/c10-6-1-2-7(11)8(5-6)14-17(15,16)9-3-4-12-13-9/h1-5,14H,11H2,(H,12,13). The van der Waals surface area contributed by atoms with E-state index in [0.717, 1.165) is 0 Å². The highest BCUT2D eigenvalue weighted by Crippen LogP contribution is 2.25. The number of rotatable bonds is 3. The number of hydrogen-bond acceptors (Lipinski definition) is 4. The molecule has 0 saturated carbocycles. The minimum absolute atomic E-state index is 0.0446. The van der Waals surface area contributed by atoms with Gasteiger partial charge in [-0.2, -0.15) is 13.5 Å². The summed E-state index contributed by atoms with van der Waals surface area (Å²) in [6, 6.07) is 5.87. The Balaban J connectivity index is 2.36. The maximum Gasteiger partial charge on any atom is 0.278 e. The van der Waals surface area contributed by atoms with Crippen molar-refractivity contribution >= 4 is 33.0 Å². The van der Waals surface area contributed by atoms with E-state index in [1.165, 1.54) is 24.4 Å². The summed E-state index contributed by atoms with van der Waals surface area (Å²) < 4.78 is 26.0. The lowest BCUT2D eigenvalue weighted by molar-refractivity contribution is 0.597. The van der Waals surface area contributed by atoms with Gasteiger partial charge in [0, 0.05) is 5.02 Å². The first-order valence-corrected chi connectivity index (χ1v) is 6.42. The highest BCUT2D eigenvalue weighted by atomic mass is 35.5. The van der Waals surface area contributed by atoms with Gasteiger partial charge in [-0.3, -0.25) is 9.82 Å². The Hall–Kier alpha value is -1.73. The molecule has 2 rings (SSSR count). The quantitative estimate of drug-likeness (QED) is 0.736. The number of nitrogen functional groups attached to an aromatic ring is 1. The fraction of sp³-hybridized carbons (Fsp3) is 0. The zero-order valence-electron chi connectivity index (χ0n) is 8.51. The molecule has 0 spiro atoms. The topological polar surface area (TPSA) is 101 Å². The predicted molar refractivity (Wildman–Crippen MR) is 65.3 cm³/mol. The molecule has 0 aliphatic rings. The highest BCUT2D eigenvalue weighted by molar-refractivity contribution is 7.92. The summed E-state index contributed by atoms with van der Waals surface area (Å²) in [5.41, 5.74) is 6.16. The van der Waals surface area contributed by atoms with Crippen molar-refractivity contribution in [3.05, 3.63) is 35.5 Å². The van der Waals surface area contributed by atoms with Crippen LogP contribution in [0.15, 0.2) is 35.5 Å². The number of nitrogens with one attached hydrogen (secondary N) is 2. The van der Waals surface area contributed by atoms with Crippen LogP contribution < -0.4 is 10.5 Å². The van der Waals surface area contributed by atoms with Crippen LogP contribution in [-0.2, 0) is 10.0 Å². The normalized spacial score (nSPS) is 11.4. The Labute approximate surface area is 103 Å². The maximum atomic E-state index is 11.8. The van der Waals surface area contributed by atoms with Crippen molar-refractivity contribution in [2.75, 3.05) is 10.5 Å². The Morgan fingerprint density at radius 3 is 2.76 bits per heavy atom. The fourth-order valence-corrected chi connectivity index (χ4v) is 2.37. The summed E-state index contributed by atoms with van der Waals surface area (Å²) in [7, 11) is -3.72. The largest absolute Gasteiger partial charge is 0.397 e. The molecule has 90 valence electrons. The van der Waals surface area contributed by atoms with Crippen LogP contribution >= 0.6 is 11.6 Å². The highest BCUT2D eigenvalue weighted by Gasteiger charge is 2.16. The van der Waals surface area contributed by atoms with Gasteiger partial charge in [-0.15, -0.1) is 0 Å². The summed E-state index contributed by atoms with van der Waals surface area (Å²) >= 11 is 5.76. The number of aromatic nitrogens is 2. The van der Waals surface area contributed by atoms with Gasteiger partial charge in [0.25, 0.3) is 10.0 Å². The zero-order chi connectivity index (χ0) is 12.5. The van der Waals surface area contributed by atoms with Gasteiger partial charge in [0.1, 0.15) is 0 Å². The van der Waals surface area contributed by atoms with E-state index >= 15 is 0 Å². The van der Waals surface area contributed by atoms with Crippen molar-refractivity contribution in [2.24, 2.45) is 0 Å². The molecule has 0 bridgehead atoms. The lowest BCUT2D eigenvalue weighted by Gasteiger charge is -2.08. The molecule has 4 N–H and O–H groups in total. The molecule has 0 atom stereocenters. The second-order valence-electron chi connectivity index (χ2n) is 3.26. The maximum absolute atomic E-state index is 11.8. The third-order valence-electron chi connectivity index (χ3n) is 2.02. The summed E-state index contributed by atoms with van der Waals surface area (Å²) in [5, 5.41) is 6.27. The SMILES string of the molecule is Nc1ccc(Cl)cc1NS(=O)(=O)c1ccn[nH]1. The number of benzene rings is 1. The molecule has 0 unspecified atom stereocenters. The van der Waals surface area contributed by atoms with Gasteiger partial charge in [0.2, 0.25) is 0 Å². The van der Waals surface area contributed by atoms with Crippen molar-refractivity contribution < 1.29 is 8.42 Å². The summed E-state index contributed by atoms with van der Waals surface area (Å²) in [6.07, 6.45) is 1.34. The van der Waals surface area contributed by atoms with Gasteiger partial charge in [-0.1, -0.05) is 11.6 Å². The van der Waals surface area contributed by atoms with E-state index in [9.17, 15) is 8.42 Å². The van der Waals surface area contributed by atoms with E-state index in [1.54, 1.807) is 6.07 Å². The first-order chi connectivity index (χ1) is 7.99. The minimum atomic E-state index is -3.72. The Morgan fingerprint density at radius 2 is 2.12 bits per heavy atom. The summed E-state index contributed by atoms with van der Waals surface area (Å²) in [6.45, 7) is 0. The molecule has 6 nitrogen and oxygen atoms in total. The summed E-state index contributed by atoms with van der Waals surface area (Å²) in [4.78, 5) is 0. The van der Waals surface area contributed by atoms with E-state index in [2.05, 4.69) is 14.9 Å². The second-order valence-corrected chi connectivity index (χ2v) is 5.35. The van der Waals surface area contributed by atoms with E-state index in [-0.39, 0.29) is 16.4 Å². The molecule has 1 aromatic heterocycles. The molecule has 1 aromatic carbocycles. The summed E-state index contributed by atoms with van der Waals surface area (Å²) in [5.74, 6) is 0. The van der Waals surface area contributed by atoms with Gasteiger partial charge >= 0.3 is 0 Å². The van der Waals surface area contributed by atoms with Crippen LogP contribution in [-0.4, -0.2) is 18.6 Å². The van der Waals surface area contributed by atoms with Gasteiger partial charge in [0.05, 0.1) is 17.6 Å². The number of aromatic amines is 1. The number of halogens is 1. The van der Waals surface area contributed by atoms with E-state index < -0.39 is 10.0 Å². The van der Waals surface area contributed by atoms with Crippen LogP contribution in [0.4, 0.5) is 11.4 Å². The third-order valence-corrected chi connectivity index (χ3v) is 3.55. The first kappa shape index (κ1) is 11.7. The number of H-pyrrole nitrogens is 1. The van der Waals surface area contributed by atoms with Crippen molar-refractivity contribution in [1.29, 1.82) is 0 Å². The van der Waals surface area contributed by atoms with E-state index in [1.807, 2.05) is 0 Å². The van der Waals surface area contributed by atoms with Gasteiger partial charge < -0.3 is 5.73 Å². The van der Waals surface area contributed by atoms with Crippen molar-refractivity contribution in [1.82, 2.24) is 10.2 Å². The van der Waals surface area contributed by atoms with E-state index in [4.69, 9.17) is 17.3 Å². The van der Waals surface area contributed by atoms with Crippen molar-refractivity contribution in [3.63, 3.8) is 0 Å². The molecule has 8 heteroatoms. The molecule has 17 heavy (non-hydrogen) atoms. The average molecular weight is 273 g/mol. The van der Waals surface area contributed by atoms with Crippen LogP contribution in [0.25, 0.3) is 0 Å². The number of nitrogens with zero attached hydrogens (tertiary/aromatic N) is 1. The van der Waals surface area contributed by atoms with Crippen LogP contribution in [0.5, 0.6) is 0 Å². The molecule has 0 fully saturated rings. The molecule has 0 aliphatic heterocycles. The molecule has 0 aliphatic carbocycles. The minimum Gasteiger partial charge on any atom is -0.397 e. The number of nitrogens with two attached hydrogens (primary N) is 1. The van der Waals surface area contributed by atoms with Crippen molar-refractivity contribution in [2.45, 2.75) is 5.03 Å². The van der Waals surface area contributed by atoms with Crippen LogP contribution in [0.2, 0.25) is 5.02 Å². The zero-order valence-corrected chi connectivity index (χ0v) is 10.1. The molecule has 0 amide bonds. The van der Waals surface area contributed by atoms with Gasteiger partial charge in [-0.25, -0.2) is 0 Å². The lowest BCUT2D eigenvalue weighted by Crippen LogP contribution is -2.14. The third kappa shape index (κ3) is 2.51. The van der Waals surface area contributed by atoms with Crippen molar-refractivity contribution in [3.8, 4) is 0 Å². The second kappa shape index (κ2) is 4.27. The Kier molecular flexibility index (Phi) is 2.95. The Morgan fingerprint density at radius 1 is 1.35 bits per heavy atom. The first-order valence-electron chi connectivity index (χ1n) is 4.56. The monoisotopic (exact) mass is 272 g/mol. The molecular formula is C9H9ClN4O2S. The number of sulfonamides is 1. The molecular weight excluding hydrogens is 264 g/mol.